The van der Waals surface area contributed by atoms with Gasteiger partial charge in [0.15, 0.2) is 0 Å². The Bertz CT molecular complexity index is 953. The minimum Gasteiger partial charge on any atom is -0.321 e. The lowest BCUT2D eigenvalue weighted by atomic mass is 9.96. The fraction of sp³-hybridized carbons (Fsp3) is 0.263. The van der Waals surface area contributed by atoms with Crippen LogP contribution in [-0.4, -0.2) is 26.6 Å². The number of benzene rings is 1. The summed E-state index contributed by atoms with van der Waals surface area (Å²) in [5.41, 5.74) is 1.86. The topological polar surface area (TPSA) is 88.9 Å². The Balaban J connectivity index is 1.70. The van der Waals surface area contributed by atoms with Crippen LogP contribution < -0.4 is 10.6 Å². The van der Waals surface area contributed by atoms with Crippen LogP contribution in [0.1, 0.15) is 36.0 Å². The van der Waals surface area contributed by atoms with Gasteiger partial charge >= 0.3 is 0 Å². The molecule has 0 atom stereocenters. The maximum Gasteiger partial charge on any atom is 0.266 e. The highest BCUT2D eigenvalue weighted by Crippen LogP contribution is 2.29. The van der Waals surface area contributed by atoms with E-state index in [0.29, 0.717) is 15.6 Å². The number of hydrogen-bond donors (Lipinski definition) is 2. The van der Waals surface area contributed by atoms with Gasteiger partial charge in [-0.3, -0.25) is 9.59 Å². The van der Waals surface area contributed by atoms with Crippen molar-refractivity contribution < 1.29 is 9.59 Å². The Morgan fingerprint density at radius 1 is 1.11 bits per heavy atom. The summed E-state index contributed by atoms with van der Waals surface area (Å²) in [6.45, 7) is 7.39. The average Bonchev–Trinajstić information content (AvgIpc) is 3.24. The average molecular weight is 383 g/mol. The number of nitrogens with zero attached hydrogens (tertiary/aromatic N) is 3. The molecule has 8 heteroatoms. The van der Waals surface area contributed by atoms with Gasteiger partial charge in [-0.05, 0) is 42.8 Å². The summed E-state index contributed by atoms with van der Waals surface area (Å²) in [5.74, 6) is -0.290. The van der Waals surface area contributed by atoms with E-state index in [1.165, 1.54) is 17.7 Å². The standard InChI is InChI=1S/C19H21N5O2S/c1-12-9-15(23-18(26)19(2,3)4)27-16(12)17(25)22-13-5-7-14(8-6-13)24-11-20-10-21-24/h5-11H,1-4H3,(H,22,25)(H,23,26). The van der Waals surface area contributed by atoms with Crippen LogP contribution in [0.3, 0.4) is 0 Å². The van der Waals surface area contributed by atoms with Crippen molar-refractivity contribution in [3.8, 4) is 5.69 Å². The van der Waals surface area contributed by atoms with Gasteiger partial charge in [-0.1, -0.05) is 20.8 Å². The first-order valence-electron chi connectivity index (χ1n) is 8.42. The molecule has 0 spiro atoms. The molecule has 140 valence electrons. The summed E-state index contributed by atoms with van der Waals surface area (Å²) in [6, 6.07) is 9.12. The third kappa shape index (κ3) is 4.40. The number of rotatable bonds is 4. The van der Waals surface area contributed by atoms with E-state index in [0.717, 1.165) is 11.3 Å². The van der Waals surface area contributed by atoms with Crippen LogP contribution in [0, 0.1) is 12.3 Å². The van der Waals surface area contributed by atoms with Crippen LogP contribution in [0.25, 0.3) is 5.69 Å². The van der Waals surface area contributed by atoms with Crippen molar-refractivity contribution in [3.63, 3.8) is 0 Å². The van der Waals surface area contributed by atoms with Gasteiger partial charge in [0.1, 0.15) is 12.7 Å². The minimum absolute atomic E-state index is 0.0839. The molecular weight excluding hydrogens is 362 g/mol. The van der Waals surface area contributed by atoms with Gasteiger partial charge < -0.3 is 10.6 Å². The molecule has 2 heterocycles. The molecule has 0 saturated carbocycles. The third-order valence-electron chi connectivity index (χ3n) is 3.85. The van der Waals surface area contributed by atoms with Crippen molar-refractivity contribution >= 4 is 33.8 Å². The number of aryl methyl sites for hydroxylation is 1. The molecule has 27 heavy (non-hydrogen) atoms. The number of nitrogens with one attached hydrogen (secondary N) is 2. The number of carbonyl (C=O) groups is 2. The van der Waals surface area contributed by atoms with Crippen LogP contribution in [0.5, 0.6) is 0 Å². The van der Waals surface area contributed by atoms with Crippen LogP contribution in [-0.2, 0) is 4.79 Å². The molecule has 2 aromatic heterocycles. The predicted molar refractivity (Wildman–Crippen MR) is 106 cm³/mol. The Morgan fingerprint density at radius 3 is 2.41 bits per heavy atom. The number of aromatic nitrogens is 3. The summed E-state index contributed by atoms with van der Waals surface area (Å²) in [7, 11) is 0. The Labute approximate surface area is 161 Å². The fourth-order valence-corrected chi connectivity index (χ4v) is 3.26. The zero-order valence-electron chi connectivity index (χ0n) is 15.6. The Morgan fingerprint density at radius 2 is 1.81 bits per heavy atom. The lowest BCUT2D eigenvalue weighted by Gasteiger charge is -2.16. The SMILES string of the molecule is Cc1cc(NC(=O)C(C)(C)C)sc1C(=O)Nc1ccc(-n2cncn2)cc1. The molecule has 7 nitrogen and oxygen atoms in total. The van der Waals surface area contributed by atoms with E-state index >= 15 is 0 Å². The van der Waals surface area contributed by atoms with Crippen molar-refractivity contribution in [1.82, 2.24) is 14.8 Å². The first-order valence-corrected chi connectivity index (χ1v) is 9.24. The first kappa shape index (κ1) is 18.8. The van der Waals surface area contributed by atoms with Gasteiger partial charge in [0.05, 0.1) is 15.6 Å². The number of carbonyl (C=O) groups excluding carboxylic acids is 2. The molecule has 2 N–H and O–H groups in total. The van der Waals surface area contributed by atoms with Crippen molar-refractivity contribution in [2.24, 2.45) is 5.41 Å². The van der Waals surface area contributed by atoms with Crippen LogP contribution in [0.4, 0.5) is 10.7 Å². The van der Waals surface area contributed by atoms with Gasteiger partial charge in [-0.15, -0.1) is 11.3 Å². The van der Waals surface area contributed by atoms with Crippen molar-refractivity contribution in [2.45, 2.75) is 27.7 Å². The molecule has 0 unspecified atom stereocenters. The summed E-state index contributed by atoms with van der Waals surface area (Å²) in [6.07, 6.45) is 3.07. The Kier molecular flexibility index (Phi) is 5.09. The second-order valence-corrected chi connectivity index (χ2v) is 8.22. The van der Waals surface area contributed by atoms with Crippen molar-refractivity contribution in [1.29, 1.82) is 0 Å². The smallest absolute Gasteiger partial charge is 0.266 e. The quantitative estimate of drug-likeness (QED) is 0.716. The molecule has 0 saturated heterocycles. The van der Waals surface area contributed by atoms with Crippen LogP contribution in [0.2, 0.25) is 0 Å². The summed E-state index contributed by atoms with van der Waals surface area (Å²) in [4.78, 5) is 29.2. The van der Waals surface area contributed by atoms with Crippen LogP contribution in [0.15, 0.2) is 43.0 Å². The van der Waals surface area contributed by atoms with Crippen molar-refractivity contribution in [2.75, 3.05) is 10.6 Å². The maximum atomic E-state index is 12.6. The van der Waals surface area contributed by atoms with Gasteiger partial charge in [0.25, 0.3) is 5.91 Å². The largest absolute Gasteiger partial charge is 0.321 e. The highest BCUT2D eigenvalue weighted by molar-refractivity contribution is 7.18. The molecule has 0 aliphatic rings. The molecule has 2 amide bonds. The van der Waals surface area contributed by atoms with E-state index in [1.54, 1.807) is 23.1 Å². The second-order valence-electron chi connectivity index (χ2n) is 7.17. The number of thiophene rings is 1. The molecular formula is C19H21N5O2S. The van der Waals surface area contributed by atoms with Crippen LogP contribution >= 0.6 is 11.3 Å². The zero-order valence-corrected chi connectivity index (χ0v) is 16.4. The highest BCUT2D eigenvalue weighted by atomic mass is 32.1. The van der Waals surface area contributed by atoms with E-state index in [4.69, 9.17) is 0 Å². The monoisotopic (exact) mass is 383 g/mol. The molecule has 0 radical (unpaired) electrons. The first-order chi connectivity index (χ1) is 12.7. The Hall–Kier alpha value is -3.00. The summed E-state index contributed by atoms with van der Waals surface area (Å²) >= 11 is 1.27. The minimum atomic E-state index is -0.494. The lowest BCUT2D eigenvalue weighted by Crippen LogP contribution is -2.27. The van der Waals surface area contributed by atoms with Gasteiger partial charge in [0.2, 0.25) is 5.91 Å². The van der Waals surface area contributed by atoms with E-state index in [-0.39, 0.29) is 11.8 Å². The summed E-state index contributed by atoms with van der Waals surface area (Å²) < 4.78 is 1.64. The molecule has 0 aliphatic carbocycles. The zero-order chi connectivity index (χ0) is 19.6. The molecule has 3 aromatic rings. The second kappa shape index (κ2) is 7.32. The number of anilines is 2. The number of hydrogen-bond acceptors (Lipinski definition) is 5. The van der Waals surface area contributed by atoms with E-state index in [2.05, 4.69) is 20.7 Å². The van der Waals surface area contributed by atoms with Gasteiger partial charge in [-0.2, -0.15) is 5.10 Å². The third-order valence-corrected chi connectivity index (χ3v) is 5.00. The predicted octanol–water partition coefficient (Wildman–Crippen LogP) is 3.87. The molecule has 3 rings (SSSR count). The normalized spacial score (nSPS) is 11.3. The number of amides is 2. The molecule has 0 bridgehead atoms. The van der Waals surface area contributed by atoms with Crippen molar-refractivity contribution in [3.05, 3.63) is 53.4 Å². The van der Waals surface area contributed by atoms with E-state index < -0.39 is 5.41 Å². The van der Waals surface area contributed by atoms with E-state index in [9.17, 15) is 9.59 Å². The molecule has 0 fully saturated rings. The van der Waals surface area contributed by atoms with E-state index in [1.807, 2.05) is 45.9 Å². The van der Waals surface area contributed by atoms with Gasteiger partial charge in [0, 0.05) is 11.1 Å². The maximum absolute atomic E-state index is 12.6. The lowest BCUT2D eigenvalue weighted by molar-refractivity contribution is -0.123. The van der Waals surface area contributed by atoms with Gasteiger partial charge in [-0.25, -0.2) is 9.67 Å². The molecule has 0 aliphatic heterocycles. The highest BCUT2D eigenvalue weighted by Gasteiger charge is 2.23. The molecule has 1 aromatic carbocycles. The fourth-order valence-electron chi connectivity index (χ4n) is 2.30. The summed E-state index contributed by atoms with van der Waals surface area (Å²) in [5, 5.41) is 10.5.